The fourth-order valence-electron chi connectivity index (χ4n) is 1.52. The van der Waals surface area contributed by atoms with Gasteiger partial charge in [-0.25, -0.2) is 0 Å². The molecule has 0 aliphatic carbocycles. The van der Waals surface area contributed by atoms with Gasteiger partial charge in [0.05, 0.1) is 17.8 Å². The van der Waals surface area contributed by atoms with Crippen LogP contribution in [-0.4, -0.2) is 23.4 Å². The van der Waals surface area contributed by atoms with Crippen LogP contribution >= 0.6 is 11.9 Å². The molecule has 0 aromatic carbocycles. The van der Waals surface area contributed by atoms with Crippen LogP contribution in [0.5, 0.6) is 0 Å². The smallest absolute Gasteiger partial charge is 0.0713 e. The van der Waals surface area contributed by atoms with Crippen LogP contribution in [0.25, 0.3) is 0 Å². The summed E-state index contributed by atoms with van der Waals surface area (Å²) in [6.45, 7) is 4.72. The number of likely N-dealkylation sites (tertiary alicyclic amines) is 1. The van der Waals surface area contributed by atoms with Crippen molar-refractivity contribution in [1.82, 2.24) is 4.90 Å². The van der Waals surface area contributed by atoms with Gasteiger partial charge in [0.15, 0.2) is 0 Å². The average molecular weight is 179 g/mol. The highest BCUT2D eigenvalue weighted by molar-refractivity contribution is 6.07. The normalized spacial score (nSPS) is 33.5. The van der Waals surface area contributed by atoms with Gasteiger partial charge in [-0.15, -0.1) is 0 Å². The van der Waals surface area contributed by atoms with Gasteiger partial charge in [-0.05, 0) is 33.2 Å². The molecule has 0 aromatic heterocycles. The van der Waals surface area contributed by atoms with Gasteiger partial charge in [0.2, 0.25) is 0 Å². The third-order valence-corrected chi connectivity index (χ3v) is 2.31. The van der Waals surface area contributed by atoms with Crippen molar-refractivity contribution in [2.24, 2.45) is 0 Å². The van der Waals surface area contributed by atoms with Crippen LogP contribution in [0.15, 0.2) is 0 Å². The molecule has 3 nitrogen and oxygen atoms in total. The predicted molar refractivity (Wildman–Crippen MR) is 40.7 cm³/mol. The Kier molecular flexibility index (Phi) is 2.75. The monoisotopic (exact) mass is 178 g/mol. The minimum absolute atomic E-state index is 0.203. The van der Waals surface area contributed by atoms with Crippen LogP contribution in [0.4, 0.5) is 0 Å². The van der Waals surface area contributed by atoms with E-state index in [9.17, 15) is 5.11 Å². The maximum Gasteiger partial charge on any atom is 0.0713 e. The summed E-state index contributed by atoms with van der Waals surface area (Å²) in [5.74, 6) is -1.48. The Labute approximate surface area is 72.1 Å². The van der Waals surface area contributed by atoms with E-state index in [0.717, 1.165) is 13.0 Å². The molecule has 0 spiro atoms. The van der Waals surface area contributed by atoms with E-state index in [4.69, 9.17) is 11.9 Å². The van der Waals surface area contributed by atoms with E-state index in [0.29, 0.717) is 6.42 Å². The van der Waals surface area contributed by atoms with Gasteiger partial charge in [0.25, 0.3) is 0 Å². The van der Waals surface area contributed by atoms with Gasteiger partial charge in [0.1, 0.15) is 0 Å². The Morgan fingerprint density at radius 2 is 2.27 bits per heavy atom. The predicted octanol–water partition coefficient (Wildman–Crippen LogP) is 0.675. The fourth-order valence-corrected chi connectivity index (χ4v) is 1.69. The lowest BCUT2D eigenvalue weighted by atomic mass is 10.3. The van der Waals surface area contributed by atoms with Crippen molar-refractivity contribution in [2.45, 2.75) is 38.6 Å². The van der Waals surface area contributed by atoms with Gasteiger partial charge in [-0.1, -0.05) is 0 Å². The molecule has 4 heteroatoms. The average Bonchev–Trinajstić information content (AvgIpc) is 2.32. The largest absolute Gasteiger partial charge is 0.815 e. The standard InChI is InChI=1S/C7H13ClNO2/c1-6(2)9-5-3-4-7(9,10)11-8/h6H,3-5H2,1-2H3/q-1. The SMILES string of the molecule is CC(C)N1CCCC1([O-])OCl. The number of hydrogen-bond donors (Lipinski definition) is 0. The molecular weight excluding hydrogens is 166 g/mol. The number of rotatable bonds is 2. The molecule has 0 N–H and O–H groups in total. The van der Waals surface area contributed by atoms with Crippen molar-refractivity contribution in [3.63, 3.8) is 0 Å². The second kappa shape index (κ2) is 3.27. The van der Waals surface area contributed by atoms with Crippen molar-refractivity contribution in [3.05, 3.63) is 0 Å². The zero-order chi connectivity index (χ0) is 8.48. The van der Waals surface area contributed by atoms with Crippen LogP contribution in [0.3, 0.4) is 0 Å². The Hall–Kier alpha value is 0.170. The van der Waals surface area contributed by atoms with E-state index in [1.54, 1.807) is 4.90 Å². The van der Waals surface area contributed by atoms with E-state index in [2.05, 4.69) is 4.29 Å². The first-order chi connectivity index (χ1) is 5.10. The molecule has 0 radical (unpaired) electrons. The van der Waals surface area contributed by atoms with E-state index >= 15 is 0 Å². The highest BCUT2D eigenvalue weighted by Gasteiger charge is 2.33. The van der Waals surface area contributed by atoms with E-state index in [1.165, 1.54) is 0 Å². The molecule has 1 fully saturated rings. The lowest BCUT2D eigenvalue weighted by Crippen LogP contribution is -2.57. The van der Waals surface area contributed by atoms with Crippen LogP contribution in [0.1, 0.15) is 26.7 Å². The molecule has 1 aliphatic rings. The molecule has 1 unspecified atom stereocenters. The van der Waals surface area contributed by atoms with Crippen molar-refractivity contribution >= 4 is 11.9 Å². The summed E-state index contributed by atoms with van der Waals surface area (Å²) in [4.78, 5) is 1.74. The number of hydrogen-bond acceptors (Lipinski definition) is 3. The van der Waals surface area contributed by atoms with Crippen molar-refractivity contribution in [1.29, 1.82) is 0 Å². The lowest BCUT2D eigenvalue weighted by molar-refractivity contribution is -0.575. The first kappa shape index (κ1) is 9.26. The second-order valence-electron chi connectivity index (χ2n) is 3.18. The molecule has 0 bridgehead atoms. The lowest BCUT2D eigenvalue weighted by Gasteiger charge is -2.43. The molecule has 1 atom stereocenters. The van der Waals surface area contributed by atoms with E-state index in [-0.39, 0.29) is 6.04 Å². The molecule has 0 aromatic rings. The number of nitrogens with zero attached hydrogens (tertiary/aromatic N) is 1. The van der Waals surface area contributed by atoms with Gasteiger partial charge < -0.3 is 5.11 Å². The van der Waals surface area contributed by atoms with Crippen molar-refractivity contribution < 1.29 is 9.40 Å². The highest BCUT2D eigenvalue weighted by Crippen LogP contribution is 2.27. The van der Waals surface area contributed by atoms with Gasteiger partial charge in [-0.3, -0.25) is 9.19 Å². The summed E-state index contributed by atoms with van der Waals surface area (Å²) >= 11 is 5.13. The number of halogens is 1. The van der Waals surface area contributed by atoms with Crippen molar-refractivity contribution in [2.75, 3.05) is 6.54 Å². The van der Waals surface area contributed by atoms with E-state index < -0.39 is 5.91 Å². The maximum absolute atomic E-state index is 11.6. The zero-order valence-corrected chi connectivity index (χ0v) is 7.60. The first-order valence-electron chi connectivity index (χ1n) is 3.87. The van der Waals surface area contributed by atoms with E-state index in [1.807, 2.05) is 13.8 Å². The Morgan fingerprint density at radius 3 is 2.64 bits per heavy atom. The summed E-state index contributed by atoms with van der Waals surface area (Å²) in [7, 11) is 0. The summed E-state index contributed by atoms with van der Waals surface area (Å²) in [6, 6.07) is 0.203. The fraction of sp³-hybridized carbons (Fsp3) is 1.00. The molecule has 0 saturated carbocycles. The topological polar surface area (TPSA) is 35.5 Å². The molecular formula is C7H13ClNO2-. The third-order valence-electron chi connectivity index (χ3n) is 2.07. The summed E-state index contributed by atoms with van der Waals surface area (Å²) in [5, 5.41) is 11.6. The Bertz CT molecular complexity index is 142. The molecule has 1 aliphatic heterocycles. The third kappa shape index (κ3) is 1.67. The molecule has 1 saturated heterocycles. The summed E-state index contributed by atoms with van der Waals surface area (Å²) in [6.07, 6.45) is 1.35. The van der Waals surface area contributed by atoms with Gasteiger partial charge >= 0.3 is 0 Å². The molecule has 0 amide bonds. The Balaban J connectivity index is 2.64. The summed E-state index contributed by atoms with van der Waals surface area (Å²) in [5.41, 5.74) is 0. The summed E-state index contributed by atoms with van der Waals surface area (Å²) < 4.78 is 4.42. The highest BCUT2D eigenvalue weighted by atomic mass is 35.5. The van der Waals surface area contributed by atoms with Gasteiger partial charge in [-0.2, -0.15) is 0 Å². The zero-order valence-electron chi connectivity index (χ0n) is 6.84. The van der Waals surface area contributed by atoms with Crippen LogP contribution < -0.4 is 5.11 Å². The molecule has 11 heavy (non-hydrogen) atoms. The molecule has 66 valence electrons. The van der Waals surface area contributed by atoms with Crippen LogP contribution in [0.2, 0.25) is 0 Å². The van der Waals surface area contributed by atoms with Gasteiger partial charge in [0, 0.05) is 6.04 Å². The van der Waals surface area contributed by atoms with Crippen LogP contribution in [0, 0.1) is 0 Å². The van der Waals surface area contributed by atoms with Crippen molar-refractivity contribution in [3.8, 4) is 0 Å². The molecule has 1 heterocycles. The second-order valence-corrected chi connectivity index (χ2v) is 3.33. The quantitative estimate of drug-likeness (QED) is 0.584. The first-order valence-corrected chi connectivity index (χ1v) is 4.18. The maximum atomic E-state index is 11.6. The minimum Gasteiger partial charge on any atom is -0.815 e. The van der Waals surface area contributed by atoms with Crippen LogP contribution in [-0.2, 0) is 4.29 Å². The Morgan fingerprint density at radius 1 is 1.64 bits per heavy atom. The molecule has 1 rings (SSSR count). The minimum atomic E-state index is -1.48.